The van der Waals surface area contributed by atoms with Crippen LogP contribution in [0.1, 0.15) is 0 Å². The monoisotopic (exact) mass is 374 g/mol. The van der Waals surface area contributed by atoms with Gasteiger partial charge in [-0.25, -0.2) is 10.4 Å². The van der Waals surface area contributed by atoms with E-state index in [-0.39, 0.29) is 37.7 Å². The Labute approximate surface area is 199 Å². The van der Waals surface area contributed by atoms with E-state index in [2.05, 4.69) is 16.4 Å². The number of benzene rings is 4. The Bertz CT molecular complexity index is 1240. The zero-order chi connectivity index (χ0) is 18.8. The number of nitrogens with zero attached hydrogens (tertiary/aromatic N) is 4. The van der Waals surface area contributed by atoms with Crippen molar-refractivity contribution in [2.45, 2.75) is 0 Å². The maximum absolute atomic E-state index is 4.80. The fraction of sp³-hybridized carbons (Fsp3) is 0. The summed E-state index contributed by atoms with van der Waals surface area (Å²) in [4.78, 5) is 0. The molecule has 30 heavy (non-hydrogen) atoms. The van der Waals surface area contributed by atoms with E-state index in [0.717, 1.165) is 39.2 Å². The molecule has 0 amide bonds. The molecule has 0 bridgehead atoms. The van der Waals surface area contributed by atoms with Crippen LogP contribution in [0, 0.1) is 6.07 Å². The summed E-state index contributed by atoms with van der Waals surface area (Å²) in [5.74, 6) is 0. The molecule has 0 atom stereocenters. The molecule has 1 heterocycles. The average Bonchev–Trinajstić information content (AvgIpc) is 3.20. The van der Waals surface area contributed by atoms with Gasteiger partial charge in [-0.15, -0.1) is 29.0 Å². The first-order chi connectivity index (χ1) is 13.9. The van der Waals surface area contributed by atoms with Gasteiger partial charge in [0.25, 0.3) is 0 Å². The standard InChI is InChI=1S/C24H16N4.2Li/c1-3-10-18(11-4-1)25-22-16-8-7-14-20(22)21-15-9-17-23-24(21)26-27-28(23)19-12-5-2-6-13-19;;/h1-13,15-17H;;/q-2;2*+1. The molecular formula is C24H16Li2N4. The van der Waals surface area contributed by atoms with Gasteiger partial charge >= 0.3 is 37.7 Å². The molecule has 0 unspecified atom stereocenters. The van der Waals surface area contributed by atoms with Gasteiger partial charge in [-0.05, 0) is 18.2 Å². The minimum Gasteiger partial charge on any atom is -0.702 e. The maximum Gasteiger partial charge on any atom is 1.00 e. The number of para-hydroxylation sites is 2. The van der Waals surface area contributed by atoms with Crippen molar-refractivity contribution in [3.63, 3.8) is 0 Å². The molecule has 0 saturated carbocycles. The van der Waals surface area contributed by atoms with Gasteiger partial charge in [-0.1, -0.05) is 71.4 Å². The average molecular weight is 374 g/mol. The fourth-order valence-electron chi connectivity index (χ4n) is 3.29. The Morgan fingerprint density at radius 2 is 1.47 bits per heavy atom. The second-order valence-electron chi connectivity index (χ2n) is 6.39. The van der Waals surface area contributed by atoms with Crippen molar-refractivity contribution in [2.24, 2.45) is 0 Å². The first kappa shape index (κ1) is 22.0. The number of aromatic nitrogens is 3. The van der Waals surface area contributed by atoms with E-state index in [1.165, 1.54) is 0 Å². The van der Waals surface area contributed by atoms with E-state index in [1.807, 2.05) is 102 Å². The molecule has 5 aromatic rings. The fourth-order valence-corrected chi connectivity index (χ4v) is 3.29. The Kier molecular flexibility index (Phi) is 7.22. The molecule has 4 nitrogen and oxygen atoms in total. The van der Waals surface area contributed by atoms with E-state index in [1.54, 1.807) is 0 Å². The van der Waals surface area contributed by atoms with Gasteiger partial charge in [0.05, 0.1) is 16.7 Å². The molecule has 0 spiro atoms. The van der Waals surface area contributed by atoms with Crippen molar-refractivity contribution in [1.82, 2.24) is 15.0 Å². The van der Waals surface area contributed by atoms with E-state index >= 15 is 0 Å². The van der Waals surface area contributed by atoms with Crippen LogP contribution in [0.4, 0.5) is 11.4 Å². The number of hydrogen-bond acceptors (Lipinski definition) is 2. The van der Waals surface area contributed by atoms with Crippen molar-refractivity contribution in [1.29, 1.82) is 0 Å². The van der Waals surface area contributed by atoms with Crippen LogP contribution in [0.25, 0.3) is 33.2 Å². The molecular weight excluding hydrogens is 358 g/mol. The summed E-state index contributed by atoms with van der Waals surface area (Å²) in [5, 5.41) is 13.7. The summed E-state index contributed by atoms with van der Waals surface area (Å²) in [6.07, 6.45) is 0. The van der Waals surface area contributed by atoms with Crippen molar-refractivity contribution in [3.8, 4) is 16.8 Å². The van der Waals surface area contributed by atoms with E-state index in [0.29, 0.717) is 0 Å². The Hall–Kier alpha value is -2.73. The SMILES string of the molecule is [Li+].[Li+].[c-]1cccc([N-]c2ccccc2)c1-c1cccc2c1nnn2-c1ccccc1. The third-order valence-electron chi connectivity index (χ3n) is 4.59. The zero-order valence-electron chi connectivity index (χ0n) is 17.0. The Morgan fingerprint density at radius 3 is 2.23 bits per heavy atom. The van der Waals surface area contributed by atoms with Gasteiger partial charge in [0.1, 0.15) is 0 Å². The van der Waals surface area contributed by atoms with Crippen molar-refractivity contribution in [3.05, 3.63) is 108 Å². The normalized spacial score (nSPS) is 10.1. The molecule has 0 radical (unpaired) electrons. The summed E-state index contributed by atoms with van der Waals surface area (Å²) in [6.45, 7) is 0. The summed E-state index contributed by atoms with van der Waals surface area (Å²) in [7, 11) is 0. The van der Waals surface area contributed by atoms with Crippen LogP contribution in [0.15, 0.2) is 97.1 Å². The van der Waals surface area contributed by atoms with Crippen LogP contribution in [0.5, 0.6) is 0 Å². The molecule has 134 valence electrons. The second-order valence-corrected chi connectivity index (χ2v) is 6.39. The van der Waals surface area contributed by atoms with E-state index < -0.39 is 0 Å². The van der Waals surface area contributed by atoms with Crippen LogP contribution in [0.3, 0.4) is 0 Å². The van der Waals surface area contributed by atoms with Crippen LogP contribution in [-0.4, -0.2) is 15.0 Å². The van der Waals surface area contributed by atoms with Gasteiger partial charge < -0.3 is 5.32 Å². The van der Waals surface area contributed by atoms with Crippen LogP contribution in [0.2, 0.25) is 0 Å². The van der Waals surface area contributed by atoms with Crippen molar-refractivity contribution in [2.75, 3.05) is 0 Å². The van der Waals surface area contributed by atoms with Crippen LogP contribution in [-0.2, 0) is 0 Å². The minimum absolute atomic E-state index is 0. The third kappa shape index (κ3) is 4.24. The van der Waals surface area contributed by atoms with Gasteiger partial charge in [0.2, 0.25) is 0 Å². The van der Waals surface area contributed by atoms with E-state index in [4.69, 9.17) is 5.32 Å². The molecule has 0 aliphatic heterocycles. The zero-order valence-corrected chi connectivity index (χ0v) is 17.0. The number of fused-ring (bicyclic) bond motifs is 1. The third-order valence-corrected chi connectivity index (χ3v) is 4.59. The molecule has 4 aromatic carbocycles. The largest absolute Gasteiger partial charge is 1.00 e. The summed E-state index contributed by atoms with van der Waals surface area (Å²) >= 11 is 0. The molecule has 0 saturated heterocycles. The molecule has 1 aromatic heterocycles. The van der Waals surface area contributed by atoms with Crippen molar-refractivity contribution < 1.29 is 37.7 Å². The summed E-state index contributed by atoms with van der Waals surface area (Å²) in [6, 6.07) is 35.2. The first-order valence-corrected chi connectivity index (χ1v) is 9.08. The maximum atomic E-state index is 4.80. The minimum atomic E-state index is 0. The molecule has 0 fully saturated rings. The van der Waals surface area contributed by atoms with Crippen molar-refractivity contribution >= 4 is 22.4 Å². The Balaban J connectivity index is 0.00000128. The Morgan fingerprint density at radius 1 is 0.733 bits per heavy atom. The molecule has 0 aliphatic carbocycles. The predicted octanol–water partition coefficient (Wildman–Crippen LogP) is 0.233. The van der Waals surface area contributed by atoms with E-state index in [9.17, 15) is 0 Å². The van der Waals surface area contributed by atoms with Gasteiger partial charge in [-0.2, -0.15) is 11.6 Å². The predicted molar refractivity (Wildman–Crippen MR) is 112 cm³/mol. The first-order valence-electron chi connectivity index (χ1n) is 9.08. The summed E-state index contributed by atoms with van der Waals surface area (Å²) in [5.41, 5.74) is 6.41. The van der Waals surface area contributed by atoms with Gasteiger partial charge in [-0.3, -0.25) is 0 Å². The molecule has 6 heteroatoms. The van der Waals surface area contributed by atoms with Gasteiger partial charge in [0.15, 0.2) is 0 Å². The smallest absolute Gasteiger partial charge is 0.702 e. The second kappa shape index (κ2) is 9.85. The van der Waals surface area contributed by atoms with Crippen LogP contribution < -0.4 is 37.7 Å². The molecule has 0 N–H and O–H groups in total. The molecule has 0 aliphatic rings. The number of rotatable bonds is 4. The topological polar surface area (TPSA) is 44.8 Å². The number of hydrogen-bond donors (Lipinski definition) is 0. The van der Waals surface area contributed by atoms with Crippen LogP contribution >= 0.6 is 0 Å². The van der Waals surface area contributed by atoms with Gasteiger partial charge in [0, 0.05) is 0 Å². The molecule has 5 rings (SSSR count). The quantitative estimate of drug-likeness (QED) is 0.334. The summed E-state index contributed by atoms with van der Waals surface area (Å²) < 4.78 is 1.86.